The first kappa shape index (κ1) is 62.0. The molecule has 16 aromatic rings. The zero-order chi connectivity index (χ0) is 59.1. The maximum Gasteiger partial charge on any atom is 0.217 e. The van der Waals surface area contributed by atoms with Crippen molar-refractivity contribution in [3.05, 3.63) is 322 Å². The van der Waals surface area contributed by atoms with Crippen molar-refractivity contribution < 1.29 is 67.6 Å². The van der Waals surface area contributed by atoms with Crippen LogP contribution in [0.1, 0.15) is 0 Å². The standard InChI is InChI=1S/C35H22NSi.C23H14NO2.C23H14NS2.3Rh/c1-2-10-24(11-3-1)31-22-26(20-21-36-31)25-18-19-30-29-14-6-9-17-34(29)37(35(30)23-25)32-15-7-4-12-27(32)28-13-5-8-16-33(28)37;2*1-2-6-18(7-3-1)25-23-15-17(12-13-24-23)16-10-11-20-19-8-4-5-9-21(19)26-22(20)14-16;;;/h1-10,12-23H;2*1-6,8-15H;;;/q3*-1;;;. The Labute approximate surface area is 581 Å². The Bertz CT molecular complexity index is 5060. The third kappa shape index (κ3) is 11.7. The zero-order valence-corrected chi connectivity index (χ0v) is 56.4. The number of nitrogens with zero attached hydrogens (tertiary/aromatic N) is 3. The van der Waals surface area contributed by atoms with E-state index in [2.05, 4.69) is 227 Å². The summed E-state index contributed by atoms with van der Waals surface area (Å²) in [6.07, 6.45) is 5.55. The van der Waals surface area contributed by atoms with Crippen LogP contribution in [0.15, 0.2) is 318 Å². The number of aromatic nitrogens is 3. The molecule has 92 heavy (non-hydrogen) atoms. The summed E-state index contributed by atoms with van der Waals surface area (Å²) in [6, 6.07) is 110. The first-order valence-corrected chi connectivity index (χ1v) is 33.1. The van der Waals surface area contributed by atoms with Crippen LogP contribution in [0.2, 0.25) is 0 Å². The molecule has 11 heteroatoms. The molecule has 2 aliphatic rings. The number of para-hydroxylation sites is 2. The molecule has 0 amide bonds. The molecule has 0 bridgehead atoms. The van der Waals surface area contributed by atoms with Gasteiger partial charge in [0.05, 0.1) is 5.03 Å². The van der Waals surface area contributed by atoms with Crippen molar-refractivity contribution in [3.8, 4) is 78.5 Å². The first-order valence-electron chi connectivity index (χ1n) is 29.5. The van der Waals surface area contributed by atoms with Crippen LogP contribution in [0.5, 0.6) is 11.6 Å². The van der Waals surface area contributed by atoms with Crippen LogP contribution in [-0.2, 0) is 58.4 Å². The third-order valence-electron chi connectivity index (χ3n) is 16.8. The fourth-order valence-electron chi connectivity index (χ4n) is 12.8. The molecule has 447 valence electrons. The number of rotatable bonds is 8. The maximum absolute atomic E-state index is 5.99. The van der Waals surface area contributed by atoms with E-state index in [0.717, 1.165) is 54.2 Å². The van der Waals surface area contributed by atoms with Gasteiger partial charge in [-0.2, -0.15) is 48.5 Å². The van der Waals surface area contributed by atoms with E-state index in [4.69, 9.17) is 9.15 Å². The van der Waals surface area contributed by atoms with Crippen LogP contribution in [0.3, 0.4) is 0 Å². The quantitative estimate of drug-likeness (QED) is 0.112. The van der Waals surface area contributed by atoms with Crippen molar-refractivity contribution in [3.63, 3.8) is 0 Å². The molecule has 0 saturated heterocycles. The second-order valence-electron chi connectivity index (χ2n) is 21.9. The van der Waals surface area contributed by atoms with Gasteiger partial charge < -0.3 is 14.1 Å². The maximum atomic E-state index is 5.99. The topological polar surface area (TPSA) is 61.0 Å². The zero-order valence-electron chi connectivity index (χ0n) is 48.8. The minimum absolute atomic E-state index is 0. The van der Waals surface area contributed by atoms with Crippen molar-refractivity contribution in [2.24, 2.45) is 0 Å². The Hall–Kier alpha value is -8.87. The molecule has 0 N–H and O–H groups in total. The molecule has 7 heterocycles. The van der Waals surface area contributed by atoms with Crippen molar-refractivity contribution >= 4 is 94.0 Å². The summed E-state index contributed by atoms with van der Waals surface area (Å²) in [5.74, 6) is 1.18. The van der Waals surface area contributed by atoms with Crippen molar-refractivity contribution in [1.29, 1.82) is 0 Å². The summed E-state index contributed by atoms with van der Waals surface area (Å²) < 4.78 is 14.4. The molecule has 11 aromatic carbocycles. The minimum atomic E-state index is -2.42. The van der Waals surface area contributed by atoms with Crippen molar-refractivity contribution in [2.45, 2.75) is 9.92 Å². The normalized spacial score (nSPS) is 11.8. The van der Waals surface area contributed by atoms with Gasteiger partial charge in [-0.25, -0.2) is 9.97 Å². The van der Waals surface area contributed by atoms with Crippen LogP contribution < -0.4 is 25.5 Å². The van der Waals surface area contributed by atoms with Gasteiger partial charge in [0, 0.05) is 120 Å². The van der Waals surface area contributed by atoms with Gasteiger partial charge in [-0.1, -0.05) is 168 Å². The van der Waals surface area contributed by atoms with Gasteiger partial charge in [0.1, 0.15) is 11.2 Å². The molecule has 2 aliphatic heterocycles. The van der Waals surface area contributed by atoms with Crippen molar-refractivity contribution in [1.82, 2.24) is 15.0 Å². The Morgan fingerprint density at radius 1 is 0.370 bits per heavy atom. The molecule has 0 saturated carbocycles. The van der Waals surface area contributed by atoms with E-state index in [1.54, 1.807) is 18.0 Å². The number of hydrogen-bond acceptors (Lipinski definition) is 7. The third-order valence-corrected chi connectivity index (χ3v) is 23.8. The van der Waals surface area contributed by atoms with Gasteiger partial charge in [-0.15, -0.1) is 59.4 Å². The average Bonchev–Trinajstić information content (AvgIpc) is 1.51. The van der Waals surface area contributed by atoms with Crippen LogP contribution in [0.4, 0.5) is 0 Å². The van der Waals surface area contributed by atoms with Gasteiger partial charge in [0.25, 0.3) is 0 Å². The summed E-state index contributed by atoms with van der Waals surface area (Å²) in [6.45, 7) is 0. The Morgan fingerprint density at radius 2 is 0.902 bits per heavy atom. The second kappa shape index (κ2) is 27.1. The molecule has 1 spiro atoms. The monoisotopic (exact) mass is 1500 g/mol. The molecule has 0 aliphatic carbocycles. The molecule has 0 fully saturated rings. The Kier molecular flexibility index (Phi) is 18.3. The number of hydrogen-bond donors (Lipinski definition) is 0. The summed E-state index contributed by atoms with van der Waals surface area (Å²) >= 11 is 3.49. The van der Waals surface area contributed by atoms with E-state index >= 15 is 0 Å². The van der Waals surface area contributed by atoms with Gasteiger partial charge in [0.2, 0.25) is 5.88 Å². The second-order valence-corrected chi connectivity index (χ2v) is 27.7. The largest absolute Gasteiger partial charge is 0.466 e. The van der Waals surface area contributed by atoms with Gasteiger partial charge in [0.15, 0.2) is 8.07 Å². The summed E-state index contributed by atoms with van der Waals surface area (Å²) in [7, 11) is -2.42. The fourth-order valence-corrected chi connectivity index (χ4v) is 20.4. The average molecular weight is 1500 g/mol. The van der Waals surface area contributed by atoms with E-state index in [-0.39, 0.29) is 58.4 Å². The number of fused-ring (bicyclic) bond motifs is 16. The Morgan fingerprint density at radius 3 is 1.61 bits per heavy atom. The van der Waals surface area contributed by atoms with Crippen LogP contribution >= 0.6 is 23.1 Å². The molecule has 5 nitrogen and oxygen atoms in total. The van der Waals surface area contributed by atoms with E-state index in [9.17, 15) is 0 Å². The molecule has 0 atom stereocenters. The molecule has 0 unspecified atom stereocenters. The predicted molar refractivity (Wildman–Crippen MR) is 370 cm³/mol. The number of benzene rings is 11. The summed E-state index contributed by atoms with van der Waals surface area (Å²) in [5, 5.41) is 11.9. The predicted octanol–water partition coefficient (Wildman–Crippen LogP) is 18.9. The van der Waals surface area contributed by atoms with E-state index in [1.165, 1.54) is 85.4 Å². The number of ether oxygens (including phenoxy) is 1. The van der Waals surface area contributed by atoms with E-state index in [0.29, 0.717) is 11.6 Å². The van der Waals surface area contributed by atoms with Crippen LogP contribution in [0, 0.1) is 18.2 Å². The number of thiophene rings is 1. The Balaban J connectivity index is 0.000000127. The van der Waals surface area contributed by atoms with E-state index < -0.39 is 8.07 Å². The number of furan rings is 1. The summed E-state index contributed by atoms with van der Waals surface area (Å²) in [5.41, 5.74) is 16.2. The molecular weight excluding hydrogens is 1450 g/mol. The van der Waals surface area contributed by atoms with E-state index in [1.807, 2.05) is 115 Å². The molecular formula is C81H50N3O2Rh3S2Si-3. The smallest absolute Gasteiger partial charge is 0.217 e. The first-order chi connectivity index (χ1) is 44.1. The van der Waals surface area contributed by atoms with Crippen molar-refractivity contribution in [2.75, 3.05) is 0 Å². The van der Waals surface area contributed by atoms with Crippen LogP contribution in [0.25, 0.3) is 109 Å². The van der Waals surface area contributed by atoms with Crippen LogP contribution in [-0.4, -0.2) is 23.0 Å². The minimum Gasteiger partial charge on any atom is -0.466 e. The molecule has 5 aromatic heterocycles. The molecule has 18 rings (SSSR count). The molecule has 3 radical (unpaired) electrons. The van der Waals surface area contributed by atoms with Gasteiger partial charge in [-0.05, 0) is 137 Å². The SMILES string of the molecule is [Rh].[Rh].[Rh].[c-]1ccccc1-c1cc(-c2ccc3c(c2)[Si]2(c4ccccc4-c4ccccc42)c2ccccc2-3)ccn1.[c-]1ccccc1Oc1cc(-c2ccc3c(c2)oc2ccccc23)ccn1.[c-]1ccccc1Sc1cc(-c2ccc3c(c2)sc2ccccc23)ccn1. The number of pyridine rings is 3. The fraction of sp³-hybridized carbons (Fsp3) is 0. The van der Waals surface area contributed by atoms with Gasteiger partial charge in [-0.3, -0.25) is 0 Å². The van der Waals surface area contributed by atoms with Gasteiger partial charge >= 0.3 is 0 Å². The summed E-state index contributed by atoms with van der Waals surface area (Å²) in [4.78, 5) is 14.5.